The van der Waals surface area contributed by atoms with Crippen LogP contribution < -0.4 is 5.32 Å². The molecule has 0 aliphatic carbocycles. The molecule has 0 saturated heterocycles. The summed E-state index contributed by atoms with van der Waals surface area (Å²) in [5, 5.41) is 16.2. The standard InChI is InChI=1S/C11H13F3N6O2S/c1-5(2)7-16-18-9(22-7)15-6(21)4-23-10-19-17-8(20(10)3)11(12,13)14/h5H,4H2,1-3H3,(H,15,18,21). The van der Waals surface area contributed by atoms with E-state index in [0.717, 1.165) is 16.3 Å². The van der Waals surface area contributed by atoms with E-state index in [9.17, 15) is 18.0 Å². The third-order valence-electron chi connectivity index (χ3n) is 2.60. The van der Waals surface area contributed by atoms with Gasteiger partial charge >= 0.3 is 12.2 Å². The molecule has 0 aromatic carbocycles. The van der Waals surface area contributed by atoms with Gasteiger partial charge in [-0.15, -0.1) is 15.3 Å². The molecule has 8 nitrogen and oxygen atoms in total. The van der Waals surface area contributed by atoms with Gasteiger partial charge in [0.05, 0.1) is 5.75 Å². The highest BCUT2D eigenvalue weighted by atomic mass is 32.2. The monoisotopic (exact) mass is 350 g/mol. The lowest BCUT2D eigenvalue weighted by molar-refractivity contribution is -0.147. The number of nitrogens with one attached hydrogen (secondary N) is 1. The molecule has 0 bridgehead atoms. The second kappa shape index (κ2) is 6.56. The summed E-state index contributed by atoms with van der Waals surface area (Å²) >= 11 is 0.812. The first-order chi connectivity index (χ1) is 10.7. The van der Waals surface area contributed by atoms with Crippen molar-refractivity contribution in [2.24, 2.45) is 7.05 Å². The Morgan fingerprint density at radius 3 is 2.52 bits per heavy atom. The SMILES string of the molecule is CC(C)c1nnc(NC(=O)CSc2nnc(C(F)(F)F)n2C)o1. The number of aromatic nitrogens is 5. The smallest absolute Gasteiger partial charge is 0.408 e. The number of anilines is 1. The number of hydrogen-bond donors (Lipinski definition) is 1. The Kier molecular flexibility index (Phi) is 4.92. The molecule has 0 unspecified atom stereocenters. The van der Waals surface area contributed by atoms with Crippen molar-refractivity contribution >= 4 is 23.7 Å². The van der Waals surface area contributed by atoms with Crippen LogP contribution in [0.4, 0.5) is 19.2 Å². The fraction of sp³-hybridized carbons (Fsp3) is 0.545. The Balaban J connectivity index is 1.93. The number of alkyl halides is 3. The van der Waals surface area contributed by atoms with E-state index in [2.05, 4.69) is 25.7 Å². The van der Waals surface area contributed by atoms with Crippen molar-refractivity contribution in [1.82, 2.24) is 25.0 Å². The summed E-state index contributed by atoms with van der Waals surface area (Å²) in [6.07, 6.45) is -4.60. The Morgan fingerprint density at radius 1 is 1.30 bits per heavy atom. The second-order valence-corrected chi connectivity index (χ2v) is 5.74. The van der Waals surface area contributed by atoms with Crippen LogP contribution in [0.3, 0.4) is 0 Å². The van der Waals surface area contributed by atoms with E-state index in [0.29, 0.717) is 5.89 Å². The molecular weight excluding hydrogens is 337 g/mol. The summed E-state index contributed by atoms with van der Waals surface area (Å²) in [6, 6.07) is -0.0618. The van der Waals surface area contributed by atoms with E-state index in [1.165, 1.54) is 7.05 Å². The number of amides is 1. The Labute approximate surface area is 132 Å². The summed E-state index contributed by atoms with van der Waals surface area (Å²) in [5.41, 5.74) is 0. The summed E-state index contributed by atoms with van der Waals surface area (Å²) in [4.78, 5) is 11.7. The molecule has 0 atom stereocenters. The first-order valence-electron chi connectivity index (χ1n) is 6.41. The molecule has 1 N–H and O–H groups in total. The summed E-state index contributed by atoms with van der Waals surface area (Å²) in [7, 11) is 1.18. The second-order valence-electron chi connectivity index (χ2n) is 4.80. The van der Waals surface area contributed by atoms with Gasteiger partial charge in [-0.05, 0) is 0 Å². The third-order valence-corrected chi connectivity index (χ3v) is 3.62. The van der Waals surface area contributed by atoms with Crippen LogP contribution in [0.2, 0.25) is 0 Å². The Morgan fingerprint density at radius 2 is 2.00 bits per heavy atom. The van der Waals surface area contributed by atoms with Gasteiger partial charge in [-0.3, -0.25) is 10.1 Å². The van der Waals surface area contributed by atoms with Crippen LogP contribution in [0.1, 0.15) is 31.5 Å². The van der Waals surface area contributed by atoms with Gasteiger partial charge < -0.3 is 8.98 Å². The number of thioether (sulfide) groups is 1. The van der Waals surface area contributed by atoms with Crippen LogP contribution in [0.5, 0.6) is 0 Å². The van der Waals surface area contributed by atoms with Crippen molar-refractivity contribution in [2.75, 3.05) is 11.1 Å². The number of carbonyl (C=O) groups excluding carboxylic acids is 1. The normalized spacial score (nSPS) is 12.0. The van der Waals surface area contributed by atoms with Crippen LogP contribution in [0, 0.1) is 0 Å². The maximum absolute atomic E-state index is 12.6. The van der Waals surface area contributed by atoms with Crippen molar-refractivity contribution in [3.05, 3.63) is 11.7 Å². The first kappa shape index (κ1) is 17.2. The van der Waals surface area contributed by atoms with E-state index in [4.69, 9.17) is 4.42 Å². The maximum Gasteiger partial charge on any atom is 0.451 e. The molecular formula is C11H13F3N6O2S. The van der Waals surface area contributed by atoms with Crippen LogP contribution >= 0.6 is 11.8 Å². The number of hydrogen-bond acceptors (Lipinski definition) is 7. The highest BCUT2D eigenvalue weighted by Gasteiger charge is 2.37. The molecule has 0 radical (unpaired) electrons. The van der Waals surface area contributed by atoms with Gasteiger partial charge in [-0.1, -0.05) is 30.7 Å². The average Bonchev–Trinajstić information content (AvgIpc) is 3.02. The molecule has 12 heteroatoms. The number of rotatable bonds is 5. The molecule has 23 heavy (non-hydrogen) atoms. The predicted molar refractivity (Wildman–Crippen MR) is 73.7 cm³/mol. The zero-order chi connectivity index (χ0) is 17.2. The maximum atomic E-state index is 12.6. The van der Waals surface area contributed by atoms with E-state index in [-0.39, 0.29) is 22.8 Å². The van der Waals surface area contributed by atoms with Crippen molar-refractivity contribution in [2.45, 2.75) is 31.1 Å². The quantitative estimate of drug-likeness (QED) is 0.824. The van der Waals surface area contributed by atoms with Crippen LogP contribution in [0.15, 0.2) is 9.57 Å². The van der Waals surface area contributed by atoms with E-state index in [1.807, 2.05) is 13.8 Å². The molecule has 0 aliphatic heterocycles. The lowest BCUT2D eigenvalue weighted by atomic mass is 10.2. The van der Waals surface area contributed by atoms with E-state index in [1.54, 1.807) is 0 Å². The molecule has 0 saturated carbocycles. The van der Waals surface area contributed by atoms with Crippen molar-refractivity contribution < 1.29 is 22.4 Å². The highest BCUT2D eigenvalue weighted by Crippen LogP contribution is 2.29. The minimum atomic E-state index is -4.60. The molecule has 0 spiro atoms. The van der Waals surface area contributed by atoms with E-state index < -0.39 is 17.9 Å². The summed E-state index contributed by atoms with van der Waals surface area (Å²) < 4.78 is 43.7. The Bertz CT molecular complexity index is 696. The van der Waals surface area contributed by atoms with Gasteiger partial charge in [0, 0.05) is 13.0 Å². The zero-order valence-corrected chi connectivity index (χ0v) is 13.2. The number of carbonyl (C=O) groups is 1. The Hall–Kier alpha value is -2.11. The number of halogens is 3. The molecule has 2 rings (SSSR count). The first-order valence-corrected chi connectivity index (χ1v) is 7.39. The van der Waals surface area contributed by atoms with E-state index >= 15 is 0 Å². The molecule has 0 fully saturated rings. The summed E-state index contributed by atoms with van der Waals surface area (Å²) in [5.74, 6) is -1.43. The largest absolute Gasteiger partial charge is 0.451 e. The van der Waals surface area contributed by atoms with Gasteiger partial charge in [0.2, 0.25) is 17.6 Å². The van der Waals surface area contributed by atoms with Crippen LogP contribution in [-0.2, 0) is 18.0 Å². The lowest BCUT2D eigenvalue weighted by Gasteiger charge is -2.06. The molecule has 126 valence electrons. The van der Waals surface area contributed by atoms with Gasteiger partial charge in [-0.25, -0.2) is 0 Å². The molecule has 2 heterocycles. The lowest BCUT2D eigenvalue weighted by Crippen LogP contribution is -2.15. The van der Waals surface area contributed by atoms with Crippen molar-refractivity contribution in [3.8, 4) is 0 Å². The molecule has 1 amide bonds. The van der Waals surface area contributed by atoms with Crippen LogP contribution in [-0.4, -0.2) is 36.6 Å². The third kappa shape index (κ3) is 4.21. The topological polar surface area (TPSA) is 98.7 Å². The highest BCUT2D eigenvalue weighted by molar-refractivity contribution is 7.99. The van der Waals surface area contributed by atoms with Gasteiger partial charge in [-0.2, -0.15) is 13.2 Å². The van der Waals surface area contributed by atoms with Crippen molar-refractivity contribution in [3.63, 3.8) is 0 Å². The fourth-order valence-electron chi connectivity index (χ4n) is 1.49. The molecule has 2 aromatic rings. The predicted octanol–water partition coefficient (Wildman–Crippen LogP) is 2.07. The minimum absolute atomic E-state index is 0.0157. The summed E-state index contributed by atoms with van der Waals surface area (Å²) in [6.45, 7) is 3.70. The molecule has 0 aliphatic rings. The fourth-order valence-corrected chi connectivity index (χ4v) is 2.20. The van der Waals surface area contributed by atoms with Gasteiger partial charge in [0.15, 0.2) is 5.16 Å². The zero-order valence-electron chi connectivity index (χ0n) is 12.4. The average molecular weight is 350 g/mol. The van der Waals surface area contributed by atoms with Crippen molar-refractivity contribution in [1.29, 1.82) is 0 Å². The minimum Gasteiger partial charge on any atom is -0.408 e. The molecule has 2 aromatic heterocycles. The van der Waals surface area contributed by atoms with Crippen LogP contribution in [0.25, 0.3) is 0 Å². The number of nitrogens with zero attached hydrogens (tertiary/aromatic N) is 5. The van der Waals surface area contributed by atoms with Gasteiger partial charge in [0.1, 0.15) is 0 Å². The van der Waals surface area contributed by atoms with Gasteiger partial charge in [0.25, 0.3) is 0 Å².